The number of unbranched alkanes of at least 4 members (excludes halogenated alkanes) is 4. The fraction of sp³-hybridized carbons (Fsp3) is 0.304. The molecule has 2 N–H and O–H groups in total. The number of hydrogen-bond acceptors (Lipinski definition) is 6. The van der Waals surface area contributed by atoms with Crippen LogP contribution in [-0.4, -0.2) is 16.2 Å². The van der Waals surface area contributed by atoms with E-state index in [1.807, 2.05) is 6.07 Å². The van der Waals surface area contributed by atoms with E-state index in [-0.39, 0.29) is 34.6 Å². The first-order chi connectivity index (χ1) is 14.0. The van der Waals surface area contributed by atoms with Crippen LogP contribution >= 0.6 is 0 Å². The van der Waals surface area contributed by atoms with E-state index in [2.05, 4.69) is 6.92 Å². The number of carbonyl (C=O) groups excluding carboxylic acids is 1. The second-order valence-corrected chi connectivity index (χ2v) is 6.93. The van der Waals surface area contributed by atoms with Crippen LogP contribution in [-0.2, 0) is 4.79 Å². The van der Waals surface area contributed by atoms with Crippen molar-refractivity contribution in [2.45, 2.75) is 45.4 Å². The lowest BCUT2D eigenvalue weighted by molar-refractivity contribution is -0.134. The lowest BCUT2D eigenvalue weighted by atomic mass is 10.1. The highest BCUT2D eigenvalue weighted by Crippen LogP contribution is 2.35. The van der Waals surface area contributed by atoms with Crippen LogP contribution in [0.4, 0.5) is 0 Å². The van der Waals surface area contributed by atoms with Gasteiger partial charge in [0.1, 0.15) is 22.5 Å². The number of carbonyl (C=O) groups is 1. The first-order valence-corrected chi connectivity index (χ1v) is 9.80. The van der Waals surface area contributed by atoms with Crippen molar-refractivity contribution in [1.29, 1.82) is 0 Å². The van der Waals surface area contributed by atoms with Gasteiger partial charge in [0.2, 0.25) is 11.2 Å². The number of benzene rings is 2. The zero-order chi connectivity index (χ0) is 20.8. The maximum atomic E-state index is 13.0. The van der Waals surface area contributed by atoms with Gasteiger partial charge in [0.05, 0.1) is 0 Å². The molecule has 6 heteroatoms. The predicted octanol–water partition coefficient (Wildman–Crippen LogP) is 5.14. The van der Waals surface area contributed by atoms with Crippen LogP contribution in [0.15, 0.2) is 51.7 Å². The van der Waals surface area contributed by atoms with Gasteiger partial charge in [0, 0.05) is 24.1 Å². The van der Waals surface area contributed by atoms with Gasteiger partial charge in [-0.3, -0.25) is 9.59 Å². The third-order valence-electron chi connectivity index (χ3n) is 4.65. The van der Waals surface area contributed by atoms with Crippen molar-refractivity contribution in [3.63, 3.8) is 0 Å². The molecule has 0 spiro atoms. The van der Waals surface area contributed by atoms with Crippen molar-refractivity contribution in [2.75, 3.05) is 0 Å². The number of phenols is 2. The SMILES string of the molecule is CCCCCCCC(=O)Oc1c(-c2ccccc2)oc2cc(O)cc(O)c2c1=O. The molecule has 0 radical (unpaired) electrons. The quantitative estimate of drug-likeness (QED) is 0.404. The highest BCUT2D eigenvalue weighted by molar-refractivity contribution is 5.89. The van der Waals surface area contributed by atoms with Gasteiger partial charge in [-0.15, -0.1) is 0 Å². The highest BCUT2D eigenvalue weighted by atomic mass is 16.5. The molecule has 0 saturated carbocycles. The molecule has 0 bridgehead atoms. The monoisotopic (exact) mass is 396 g/mol. The van der Waals surface area contributed by atoms with Crippen LogP contribution in [0.25, 0.3) is 22.3 Å². The minimum Gasteiger partial charge on any atom is -0.508 e. The highest BCUT2D eigenvalue weighted by Gasteiger charge is 2.22. The van der Waals surface area contributed by atoms with Gasteiger partial charge in [-0.1, -0.05) is 62.9 Å². The normalized spacial score (nSPS) is 10.9. The molecule has 0 amide bonds. The van der Waals surface area contributed by atoms with Gasteiger partial charge in [0.15, 0.2) is 5.76 Å². The first kappa shape index (κ1) is 20.5. The smallest absolute Gasteiger partial charge is 0.311 e. The van der Waals surface area contributed by atoms with E-state index < -0.39 is 17.1 Å². The minimum absolute atomic E-state index is 0.00529. The van der Waals surface area contributed by atoms with Crippen LogP contribution < -0.4 is 10.2 Å². The molecule has 29 heavy (non-hydrogen) atoms. The molecule has 0 aliphatic carbocycles. The van der Waals surface area contributed by atoms with Crippen molar-refractivity contribution in [2.24, 2.45) is 0 Å². The van der Waals surface area contributed by atoms with Crippen molar-refractivity contribution >= 4 is 16.9 Å². The maximum absolute atomic E-state index is 13.0. The van der Waals surface area contributed by atoms with E-state index in [0.717, 1.165) is 31.7 Å². The summed E-state index contributed by atoms with van der Waals surface area (Å²) in [4.78, 5) is 25.4. The summed E-state index contributed by atoms with van der Waals surface area (Å²) < 4.78 is 11.2. The molecular formula is C23H24O6. The summed E-state index contributed by atoms with van der Waals surface area (Å²) in [5.74, 6) is -1.39. The van der Waals surface area contributed by atoms with Crippen LogP contribution in [0.3, 0.4) is 0 Å². The molecule has 6 nitrogen and oxygen atoms in total. The van der Waals surface area contributed by atoms with E-state index >= 15 is 0 Å². The molecule has 152 valence electrons. The van der Waals surface area contributed by atoms with Crippen LogP contribution in [0.5, 0.6) is 17.2 Å². The van der Waals surface area contributed by atoms with Gasteiger partial charge >= 0.3 is 5.97 Å². The Bertz CT molecular complexity index is 1050. The number of esters is 1. The summed E-state index contributed by atoms with van der Waals surface area (Å²) in [6.45, 7) is 2.12. The molecule has 0 fully saturated rings. The first-order valence-electron chi connectivity index (χ1n) is 9.80. The number of hydrogen-bond donors (Lipinski definition) is 2. The van der Waals surface area contributed by atoms with Crippen LogP contribution in [0, 0.1) is 0 Å². The molecule has 0 saturated heterocycles. The molecule has 2 aromatic carbocycles. The standard InChI is InChI=1S/C23H24O6/c1-2-3-4-5-9-12-19(26)29-23-21(27)20-17(25)13-16(24)14-18(20)28-22(23)15-10-7-6-8-11-15/h6-8,10-11,13-14,24-25H,2-5,9,12H2,1H3. The fourth-order valence-electron chi connectivity index (χ4n) is 3.18. The van der Waals surface area contributed by atoms with Crippen molar-refractivity contribution in [3.8, 4) is 28.6 Å². The van der Waals surface area contributed by atoms with Crippen molar-refractivity contribution in [1.82, 2.24) is 0 Å². The number of fused-ring (bicyclic) bond motifs is 1. The van der Waals surface area contributed by atoms with Gasteiger partial charge in [-0.25, -0.2) is 0 Å². The summed E-state index contributed by atoms with van der Waals surface area (Å²) in [5, 5.41) is 19.7. The molecule has 0 aliphatic rings. The molecule has 3 aromatic rings. The van der Waals surface area contributed by atoms with Gasteiger partial charge in [-0.05, 0) is 6.42 Å². The Morgan fingerprint density at radius 2 is 1.76 bits per heavy atom. The number of phenolic OH excluding ortho intramolecular Hbond substituents is 2. The predicted molar refractivity (Wildman–Crippen MR) is 110 cm³/mol. The largest absolute Gasteiger partial charge is 0.508 e. The average molecular weight is 396 g/mol. The lowest BCUT2D eigenvalue weighted by Crippen LogP contribution is -2.16. The summed E-state index contributed by atoms with van der Waals surface area (Å²) in [5.41, 5.74) is -0.118. The van der Waals surface area contributed by atoms with E-state index in [1.165, 1.54) is 6.07 Å². The Labute approximate surface area is 168 Å². The topological polar surface area (TPSA) is 97.0 Å². The summed E-state index contributed by atoms with van der Waals surface area (Å²) in [6.07, 6.45) is 5.07. The Kier molecular flexibility index (Phi) is 6.54. The van der Waals surface area contributed by atoms with E-state index in [4.69, 9.17) is 9.15 Å². The number of rotatable bonds is 8. The number of ether oxygens (including phenoxy) is 1. The Hall–Kier alpha value is -3.28. The summed E-state index contributed by atoms with van der Waals surface area (Å²) >= 11 is 0. The third kappa shape index (κ3) is 4.77. The van der Waals surface area contributed by atoms with E-state index in [9.17, 15) is 19.8 Å². The van der Waals surface area contributed by atoms with Gasteiger partial charge in [-0.2, -0.15) is 0 Å². The molecule has 1 heterocycles. The second-order valence-electron chi connectivity index (χ2n) is 6.93. The Morgan fingerprint density at radius 3 is 2.48 bits per heavy atom. The Morgan fingerprint density at radius 1 is 1.03 bits per heavy atom. The zero-order valence-corrected chi connectivity index (χ0v) is 16.3. The Balaban J connectivity index is 1.99. The van der Waals surface area contributed by atoms with Gasteiger partial charge in [0.25, 0.3) is 0 Å². The van der Waals surface area contributed by atoms with Crippen LogP contribution in [0.1, 0.15) is 45.4 Å². The van der Waals surface area contributed by atoms with Gasteiger partial charge < -0.3 is 19.4 Å². The number of aromatic hydroxyl groups is 2. The third-order valence-corrected chi connectivity index (χ3v) is 4.65. The molecule has 3 rings (SSSR count). The average Bonchev–Trinajstić information content (AvgIpc) is 2.70. The fourth-order valence-corrected chi connectivity index (χ4v) is 3.18. The van der Waals surface area contributed by atoms with E-state index in [0.29, 0.717) is 12.0 Å². The minimum atomic E-state index is -0.665. The summed E-state index contributed by atoms with van der Waals surface area (Å²) in [6, 6.07) is 11.0. The lowest BCUT2D eigenvalue weighted by Gasteiger charge is -2.11. The van der Waals surface area contributed by atoms with E-state index in [1.54, 1.807) is 24.3 Å². The second kappa shape index (κ2) is 9.28. The maximum Gasteiger partial charge on any atom is 0.311 e. The van der Waals surface area contributed by atoms with Crippen molar-refractivity contribution in [3.05, 3.63) is 52.7 Å². The molecular weight excluding hydrogens is 372 g/mol. The molecule has 0 atom stereocenters. The summed E-state index contributed by atoms with van der Waals surface area (Å²) in [7, 11) is 0. The molecule has 0 unspecified atom stereocenters. The molecule has 1 aromatic heterocycles. The zero-order valence-electron chi connectivity index (χ0n) is 16.3. The molecule has 0 aliphatic heterocycles. The van der Waals surface area contributed by atoms with Crippen LogP contribution in [0.2, 0.25) is 0 Å². The van der Waals surface area contributed by atoms with Crippen molar-refractivity contribution < 1.29 is 24.2 Å².